The second-order valence-corrected chi connectivity index (χ2v) is 19.2. The van der Waals surface area contributed by atoms with Crippen LogP contribution in [0.1, 0.15) is 25.0 Å². The molecule has 0 unspecified atom stereocenters. The maximum atomic E-state index is 2.52. The van der Waals surface area contributed by atoms with Crippen LogP contribution in [-0.4, -0.2) is 4.57 Å². The Hall–Kier alpha value is -8.98. The van der Waals surface area contributed by atoms with Gasteiger partial charge in [0.2, 0.25) is 0 Å². The number of para-hydroxylation sites is 4. The lowest BCUT2D eigenvalue weighted by Gasteiger charge is -2.31. The number of aromatic nitrogens is 1. The van der Waals surface area contributed by atoms with Crippen molar-refractivity contribution in [2.24, 2.45) is 0 Å². The van der Waals surface area contributed by atoms with Crippen LogP contribution in [0.4, 0.5) is 17.1 Å². The lowest BCUT2D eigenvalue weighted by Crippen LogP contribution is -2.15. The Labute approximate surface area is 416 Å². The quantitative estimate of drug-likeness (QED) is 0.140. The van der Waals surface area contributed by atoms with Gasteiger partial charge < -0.3 is 9.47 Å². The summed E-state index contributed by atoms with van der Waals surface area (Å²) in [4.78, 5) is 2.52. The summed E-state index contributed by atoms with van der Waals surface area (Å²) >= 11 is 0. The highest BCUT2D eigenvalue weighted by Crippen LogP contribution is 2.55. The largest absolute Gasteiger partial charge is 0.309 e. The molecule has 336 valence electrons. The molecular formula is C69H50N2. The number of benzene rings is 11. The number of anilines is 3. The Kier molecular flexibility index (Phi) is 10.2. The van der Waals surface area contributed by atoms with Gasteiger partial charge >= 0.3 is 0 Å². The van der Waals surface area contributed by atoms with Crippen molar-refractivity contribution < 1.29 is 0 Å². The van der Waals surface area contributed by atoms with Crippen LogP contribution in [-0.2, 0) is 5.41 Å². The van der Waals surface area contributed by atoms with E-state index < -0.39 is 0 Å². The summed E-state index contributed by atoms with van der Waals surface area (Å²) < 4.78 is 2.40. The van der Waals surface area contributed by atoms with Crippen LogP contribution in [0.15, 0.2) is 267 Å². The summed E-state index contributed by atoms with van der Waals surface area (Å²) in [5, 5.41) is 2.47. The molecule has 11 aromatic carbocycles. The van der Waals surface area contributed by atoms with Crippen molar-refractivity contribution in [3.8, 4) is 72.4 Å². The zero-order valence-electron chi connectivity index (χ0n) is 39.8. The Bertz CT molecular complexity index is 3970. The summed E-state index contributed by atoms with van der Waals surface area (Å²) in [7, 11) is 0. The van der Waals surface area contributed by atoms with Crippen LogP contribution >= 0.6 is 0 Å². The SMILES string of the molecule is CC1(C)c2ccccc2-c2c(-c3ccccc3N(c3cccc(-c4cccc5c4c4ccccc4n5-c4ccccc4)c3)c3ccccc3-c3ccccc3-c3ccccc3-c3ccccc3)cccc21. The minimum Gasteiger partial charge on any atom is -0.309 e. The molecule has 2 heteroatoms. The zero-order chi connectivity index (χ0) is 47.5. The molecule has 1 aliphatic rings. The van der Waals surface area contributed by atoms with Gasteiger partial charge in [0.05, 0.1) is 22.4 Å². The molecule has 0 saturated heterocycles. The van der Waals surface area contributed by atoms with E-state index in [2.05, 4.69) is 290 Å². The summed E-state index contributed by atoms with van der Waals surface area (Å²) in [6.45, 7) is 4.74. The van der Waals surface area contributed by atoms with E-state index in [0.717, 1.165) is 33.9 Å². The molecule has 12 aromatic rings. The average Bonchev–Trinajstić information content (AvgIpc) is 3.90. The molecule has 0 spiro atoms. The first-order valence-electron chi connectivity index (χ1n) is 24.7. The van der Waals surface area contributed by atoms with Crippen LogP contribution in [0.25, 0.3) is 94.3 Å². The third kappa shape index (κ3) is 6.94. The highest BCUT2D eigenvalue weighted by molar-refractivity contribution is 6.16. The summed E-state index contributed by atoms with van der Waals surface area (Å²) in [5.74, 6) is 0. The standard InChI is InChI=1S/C69H50N2/c1-69(2)61-40-17-13-36-59(61)67-58(39-22-41-62(67)69)57-35-15-19-43-64(57)71(63-42-18-14-34-56(63)55-33-12-11-32-54(55)53-31-10-9-30-51(53)47-24-5-3-6-25-47)50-29-21-26-48(46-50)52-38-23-45-66-68(52)60-37-16-20-44-65(60)70(66)49-27-7-4-8-28-49/h3-46H,1-2H3. The summed E-state index contributed by atoms with van der Waals surface area (Å²) in [5.41, 5.74) is 23.8. The zero-order valence-corrected chi connectivity index (χ0v) is 39.8. The maximum Gasteiger partial charge on any atom is 0.0547 e. The van der Waals surface area contributed by atoms with Crippen LogP contribution in [0.2, 0.25) is 0 Å². The Balaban J connectivity index is 1.06. The number of rotatable bonds is 9. The minimum absolute atomic E-state index is 0.137. The number of hydrogen-bond acceptors (Lipinski definition) is 1. The second-order valence-electron chi connectivity index (χ2n) is 19.2. The fourth-order valence-electron chi connectivity index (χ4n) is 11.6. The molecule has 0 bridgehead atoms. The predicted molar refractivity (Wildman–Crippen MR) is 300 cm³/mol. The molecule has 1 aromatic heterocycles. The van der Waals surface area contributed by atoms with E-state index in [1.165, 1.54) is 88.6 Å². The first-order valence-corrected chi connectivity index (χ1v) is 24.7. The fraction of sp³-hybridized carbons (Fsp3) is 0.0435. The van der Waals surface area contributed by atoms with Crippen molar-refractivity contribution in [2.75, 3.05) is 4.90 Å². The predicted octanol–water partition coefficient (Wildman–Crippen LogP) is 18.9. The maximum absolute atomic E-state index is 2.52. The molecule has 2 nitrogen and oxygen atoms in total. The average molecular weight is 907 g/mol. The van der Waals surface area contributed by atoms with Gasteiger partial charge in [-0.1, -0.05) is 232 Å². The molecule has 1 heterocycles. The van der Waals surface area contributed by atoms with Crippen LogP contribution in [0, 0.1) is 0 Å². The smallest absolute Gasteiger partial charge is 0.0547 e. The second kappa shape index (κ2) is 17.2. The summed E-state index contributed by atoms with van der Waals surface area (Å²) in [6.07, 6.45) is 0. The normalized spacial score (nSPS) is 12.5. The third-order valence-corrected chi connectivity index (χ3v) is 14.8. The Morgan fingerprint density at radius 1 is 0.324 bits per heavy atom. The molecule has 0 atom stereocenters. The monoisotopic (exact) mass is 906 g/mol. The van der Waals surface area contributed by atoms with Crippen molar-refractivity contribution in [3.63, 3.8) is 0 Å². The van der Waals surface area contributed by atoms with E-state index in [1.807, 2.05) is 0 Å². The van der Waals surface area contributed by atoms with Crippen LogP contribution < -0.4 is 4.90 Å². The van der Waals surface area contributed by atoms with E-state index in [9.17, 15) is 0 Å². The molecule has 0 saturated carbocycles. The third-order valence-electron chi connectivity index (χ3n) is 14.8. The van der Waals surface area contributed by atoms with Crippen molar-refractivity contribution in [1.29, 1.82) is 0 Å². The van der Waals surface area contributed by atoms with Crippen molar-refractivity contribution in [2.45, 2.75) is 19.3 Å². The molecule has 0 fully saturated rings. The molecule has 1 aliphatic carbocycles. The van der Waals surface area contributed by atoms with E-state index in [-0.39, 0.29) is 5.41 Å². The number of hydrogen-bond donors (Lipinski definition) is 0. The highest BCUT2D eigenvalue weighted by Gasteiger charge is 2.37. The first kappa shape index (κ1) is 42.1. The lowest BCUT2D eigenvalue weighted by molar-refractivity contribution is 0.660. The van der Waals surface area contributed by atoms with Crippen LogP contribution in [0.3, 0.4) is 0 Å². The Morgan fingerprint density at radius 3 is 1.52 bits per heavy atom. The number of fused-ring (bicyclic) bond motifs is 6. The van der Waals surface area contributed by atoms with Gasteiger partial charge in [0.1, 0.15) is 0 Å². The van der Waals surface area contributed by atoms with Crippen molar-refractivity contribution in [3.05, 3.63) is 278 Å². The van der Waals surface area contributed by atoms with Gasteiger partial charge in [-0.3, -0.25) is 0 Å². The molecule has 0 amide bonds. The van der Waals surface area contributed by atoms with E-state index in [1.54, 1.807) is 0 Å². The van der Waals surface area contributed by atoms with Gasteiger partial charge in [-0.05, 0) is 115 Å². The molecule has 0 aliphatic heterocycles. The molecule has 13 rings (SSSR count). The van der Waals surface area contributed by atoms with Gasteiger partial charge in [-0.25, -0.2) is 0 Å². The molecular weight excluding hydrogens is 857 g/mol. The van der Waals surface area contributed by atoms with Gasteiger partial charge in [-0.15, -0.1) is 0 Å². The van der Waals surface area contributed by atoms with E-state index in [4.69, 9.17) is 0 Å². The van der Waals surface area contributed by atoms with E-state index >= 15 is 0 Å². The highest BCUT2D eigenvalue weighted by atomic mass is 15.1. The van der Waals surface area contributed by atoms with E-state index in [0.29, 0.717) is 0 Å². The minimum atomic E-state index is -0.137. The fourth-order valence-corrected chi connectivity index (χ4v) is 11.6. The molecule has 71 heavy (non-hydrogen) atoms. The number of nitrogens with zero attached hydrogens (tertiary/aromatic N) is 2. The molecule has 0 N–H and O–H groups in total. The summed E-state index contributed by atoms with van der Waals surface area (Å²) in [6, 6.07) is 98.0. The van der Waals surface area contributed by atoms with Crippen molar-refractivity contribution in [1.82, 2.24) is 4.57 Å². The van der Waals surface area contributed by atoms with Gasteiger partial charge in [0, 0.05) is 38.7 Å². The Morgan fingerprint density at radius 2 is 0.789 bits per heavy atom. The van der Waals surface area contributed by atoms with Gasteiger partial charge in [0.15, 0.2) is 0 Å². The van der Waals surface area contributed by atoms with Gasteiger partial charge in [-0.2, -0.15) is 0 Å². The lowest BCUT2D eigenvalue weighted by atomic mass is 9.82. The first-order chi connectivity index (χ1) is 35.0. The van der Waals surface area contributed by atoms with Crippen LogP contribution in [0.5, 0.6) is 0 Å². The topological polar surface area (TPSA) is 8.17 Å². The van der Waals surface area contributed by atoms with Gasteiger partial charge in [0.25, 0.3) is 0 Å². The molecule has 0 radical (unpaired) electrons. The van der Waals surface area contributed by atoms with Crippen molar-refractivity contribution >= 4 is 38.9 Å².